The van der Waals surface area contributed by atoms with Crippen LogP contribution in [0.4, 0.5) is 9.18 Å². The van der Waals surface area contributed by atoms with Crippen molar-refractivity contribution in [1.29, 1.82) is 0 Å². The van der Waals surface area contributed by atoms with E-state index in [1.165, 1.54) is 21.9 Å². The molecule has 13 heteroatoms. The van der Waals surface area contributed by atoms with Crippen LogP contribution in [-0.2, 0) is 42.2 Å². The topological polar surface area (TPSA) is 142 Å². The molecule has 2 N–H and O–H groups in total. The van der Waals surface area contributed by atoms with Crippen LogP contribution < -0.4 is 10.0 Å². The van der Waals surface area contributed by atoms with Gasteiger partial charge in [-0.2, -0.15) is 0 Å². The van der Waals surface area contributed by atoms with E-state index in [0.717, 1.165) is 0 Å². The number of nitrogens with one attached hydrogen (secondary N) is 2. The second kappa shape index (κ2) is 10.9. The van der Waals surface area contributed by atoms with Gasteiger partial charge in [-0.1, -0.05) is 45.9 Å². The van der Waals surface area contributed by atoms with E-state index in [1.807, 2.05) is 20.8 Å². The Morgan fingerprint density at radius 3 is 2.47 bits per heavy atom. The molecule has 2 heterocycles. The Kier molecular flexibility index (Phi) is 7.85. The average molecular weight is 619 g/mol. The lowest BCUT2D eigenvalue weighted by molar-refractivity contribution is -0.144. The zero-order valence-corrected chi connectivity index (χ0v) is 25.7. The summed E-state index contributed by atoms with van der Waals surface area (Å²) in [6.45, 7) is 11.4. The SMILES string of the molecule is C=C[C@@H]1C[C@]1(NC(=O)[C@@H]1C[C@@H](OC(=O)N2Cc3cccc(F)c3C2)CN1C(=O)[C@@H](C)C(C)(C)C)C(=O)NS(=O)(=O)C1CC1. The largest absolute Gasteiger partial charge is 0.444 e. The number of fused-ring (bicyclic) bond motifs is 1. The summed E-state index contributed by atoms with van der Waals surface area (Å²) < 4.78 is 47.0. The van der Waals surface area contributed by atoms with Gasteiger partial charge in [-0.25, -0.2) is 17.6 Å². The van der Waals surface area contributed by atoms with Gasteiger partial charge in [0.15, 0.2) is 0 Å². The monoisotopic (exact) mass is 618 g/mol. The van der Waals surface area contributed by atoms with Gasteiger partial charge in [0.1, 0.15) is 23.5 Å². The van der Waals surface area contributed by atoms with Crippen molar-refractivity contribution in [2.75, 3.05) is 6.54 Å². The number of ether oxygens (including phenoxy) is 1. The van der Waals surface area contributed by atoms with Gasteiger partial charge in [-0.3, -0.25) is 24.0 Å². The number of rotatable bonds is 8. The Morgan fingerprint density at radius 1 is 1.19 bits per heavy atom. The maximum Gasteiger partial charge on any atom is 0.410 e. The van der Waals surface area contributed by atoms with E-state index >= 15 is 0 Å². The number of nitrogens with zero attached hydrogens (tertiary/aromatic N) is 2. The maximum absolute atomic E-state index is 14.2. The van der Waals surface area contributed by atoms with Crippen molar-refractivity contribution in [1.82, 2.24) is 19.8 Å². The molecule has 1 aromatic carbocycles. The summed E-state index contributed by atoms with van der Waals surface area (Å²) in [5.74, 6) is -3.17. The van der Waals surface area contributed by atoms with E-state index in [2.05, 4.69) is 16.6 Å². The molecule has 4 amide bonds. The Bertz CT molecular complexity index is 1470. The summed E-state index contributed by atoms with van der Waals surface area (Å²) in [4.78, 5) is 56.5. The van der Waals surface area contributed by atoms with Crippen LogP contribution in [0.2, 0.25) is 0 Å². The quantitative estimate of drug-likeness (QED) is 0.427. The number of amides is 4. The lowest BCUT2D eigenvalue weighted by Crippen LogP contribution is -2.57. The van der Waals surface area contributed by atoms with Crippen molar-refractivity contribution >= 4 is 33.8 Å². The first-order valence-electron chi connectivity index (χ1n) is 14.6. The van der Waals surface area contributed by atoms with Crippen LogP contribution in [0.3, 0.4) is 0 Å². The van der Waals surface area contributed by atoms with Gasteiger partial charge in [0.25, 0.3) is 5.91 Å². The summed E-state index contributed by atoms with van der Waals surface area (Å²) in [5.41, 5.74) is -0.830. The summed E-state index contributed by atoms with van der Waals surface area (Å²) in [7, 11) is -3.86. The van der Waals surface area contributed by atoms with Gasteiger partial charge in [-0.15, -0.1) is 6.58 Å². The molecule has 2 aliphatic carbocycles. The Morgan fingerprint density at radius 2 is 1.88 bits per heavy atom. The normalized spacial score (nSPS) is 27.2. The third-order valence-corrected chi connectivity index (χ3v) is 11.0. The lowest BCUT2D eigenvalue weighted by atomic mass is 9.81. The molecule has 5 atom stereocenters. The van der Waals surface area contributed by atoms with Gasteiger partial charge in [0.2, 0.25) is 21.8 Å². The molecule has 43 heavy (non-hydrogen) atoms. The Labute approximate surface area is 251 Å². The minimum absolute atomic E-state index is 0.0217. The first-order valence-corrected chi connectivity index (χ1v) is 16.1. The van der Waals surface area contributed by atoms with Crippen molar-refractivity contribution in [2.45, 2.75) is 89.4 Å². The molecule has 234 valence electrons. The first kappa shape index (κ1) is 31.0. The molecular formula is C30H39FN4O7S. The molecule has 0 radical (unpaired) electrons. The molecule has 2 aliphatic heterocycles. The molecule has 0 spiro atoms. The molecule has 4 aliphatic rings. The molecular weight excluding hydrogens is 579 g/mol. The van der Waals surface area contributed by atoms with Crippen LogP contribution in [-0.4, -0.2) is 71.5 Å². The molecule has 0 unspecified atom stereocenters. The van der Waals surface area contributed by atoms with Gasteiger partial charge in [0, 0.05) is 30.4 Å². The maximum atomic E-state index is 14.2. The van der Waals surface area contributed by atoms with Crippen molar-refractivity contribution in [3.05, 3.63) is 47.8 Å². The van der Waals surface area contributed by atoms with Crippen molar-refractivity contribution in [3.8, 4) is 0 Å². The number of carbonyl (C=O) groups excluding carboxylic acids is 4. The Balaban J connectivity index is 1.32. The summed E-state index contributed by atoms with van der Waals surface area (Å²) in [5, 5.41) is 2.11. The number of hydrogen-bond acceptors (Lipinski definition) is 7. The molecule has 0 aromatic heterocycles. The predicted octanol–water partition coefficient (Wildman–Crippen LogP) is 2.60. The third-order valence-electron chi connectivity index (χ3n) is 9.22. The van der Waals surface area contributed by atoms with Crippen molar-refractivity contribution in [3.63, 3.8) is 0 Å². The van der Waals surface area contributed by atoms with Crippen LogP contribution in [0.5, 0.6) is 0 Å². The van der Waals surface area contributed by atoms with E-state index in [0.29, 0.717) is 24.0 Å². The van der Waals surface area contributed by atoms with Crippen LogP contribution in [0.25, 0.3) is 0 Å². The van der Waals surface area contributed by atoms with Crippen molar-refractivity contribution in [2.24, 2.45) is 17.3 Å². The fourth-order valence-corrected chi connectivity index (χ4v) is 7.10. The molecule has 1 aromatic rings. The first-order chi connectivity index (χ1) is 20.1. The van der Waals surface area contributed by atoms with Crippen LogP contribution in [0.15, 0.2) is 30.9 Å². The molecule has 1 saturated heterocycles. The highest BCUT2D eigenvalue weighted by atomic mass is 32.2. The van der Waals surface area contributed by atoms with Gasteiger partial charge in [-0.05, 0) is 36.3 Å². The molecule has 11 nitrogen and oxygen atoms in total. The smallest absolute Gasteiger partial charge is 0.410 e. The van der Waals surface area contributed by atoms with E-state index in [4.69, 9.17) is 4.74 Å². The lowest BCUT2D eigenvalue weighted by Gasteiger charge is -2.33. The number of likely N-dealkylation sites (tertiary alicyclic amines) is 1. The van der Waals surface area contributed by atoms with Crippen LogP contribution in [0.1, 0.15) is 64.5 Å². The summed E-state index contributed by atoms with van der Waals surface area (Å²) >= 11 is 0. The molecule has 3 fully saturated rings. The second-order valence-corrected chi connectivity index (χ2v) is 15.2. The highest BCUT2D eigenvalue weighted by Gasteiger charge is 2.62. The second-order valence-electron chi connectivity index (χ2n) is 13.3. The zero-order valence-electron chi connectivity index (χ0n) is 24.9. The minimum atomic E-state index is -3.86. The number of benzene rings is 1. The van der Waals surface area contributed by atoms with Crippen LogP contribution >= 0.6 is 0 Å². The third kappa shape index (κ3) is 6.00. The average Bonchev–Trinajstić information content (AvgIpc) is 3.82. The molecule has 2 saturated carbocycles. The van der Waals surface area contributed by atoms with Crippen molar-refractivity contribution < 1.29 is 36.7 Å². The molecule has 0 bridgehead atoms. The number of halogens is 1. The standard InChI is InChI=1S/C30H39FN4O7S/c1-6-19-13-30(19,27(38)33-43(40,41)21-10-11-21)32-25(36)24-12-20(15-35(24)26(37)17(2)29(3,4)5)42-28(39)34-14-18-8-7-9-23(31)22(18)16-34/h6-9,17,19-21,24H,1,10-16H2,2-5H3,(H,32,36)(H,33,38)/t17-,19-,20-,24+,30-/m1/s1. The van der Waals surface area contributed by atoms with Crippen LogP contribution in [0, 0.1) is 23.1 Å². The highest BCUT2D eigenvalue weighted by molar-refractivity contribution is 7.91. The minimum Gasteiger partial charge on any atom is -0.444 e. The number of hydrogen-bond donors (Lipinski definition) is 2. The van der Waals surface area contributed by atoms with E-state index < -0.39 is 73.9 Å². The highest BCUT2D eigenvalue weighted by Crippen LogP contribution is 2.45. The zero-order chi connectivity index (χ0) is 31.5. The fraction of sp³-hybridized carbons (Fsp3) is 0.600. The number of sulfonamides is 1. The van der Waals surface area contributed by atoms with Gasteiger partial charge < -0.3 is 15.0 Å². The van der Waals surface area contributed by atoms with E-state index in [-0.39, 0.29) is 38.4 Å². The molecule has 5 rings (SSSR count). The number of carbonyl (C=O) groups is 4. The summed E-state index contributed by atoms with van der Waals surface area (Å²) in [6, 6.07) is 3.58. The van der Waals surface area contributed by atoms with Gasteiger partial charge in [0.05, 0.1) is 18.3 Å². The van der Waals surface area contributed by atoms with Gasteiger partial charge >= 0.3 is 6.09 Å². The predicted molar refractivity (Wildman–Crippen MR) is 154 cm³/mol. The Hall–Kier alpha value is -3.48. The van der Waals surface area contributed by atoms with E-state index in [1.54, 1.807) is 19.1 Å². The fourth-order valence-electron chi connectivity index (χ4n) is 5.74. The summed E-state index contributed by atoms with van der Waals surface area (Å²) in [6.07, 6.45) is 1.05. The van der Waals surface area contributed by atoms with E-state index in [9.17, 15) is 32.0 Å².